The van der Waals surface area contributed by atoms with Gasteiger partial charge >= 0.3 is 0 Å². The van der Waals surface area contributed by atoms with Crippen molar-refractivity contribution in [3.63, 3.8) is 0 Å². The molecule has 0 fully saturated rings. The maximum Gasteiger partial charge on any atom is 0.251 e. The summed E-state index contributed by atoms with van der Waals surface area (Å²) < 4.78 is 6.11. The van der Waals surface area contributed by atoms with Crippen LogP contribution < -0.4 is 5.32 Å². The van der Waals surface area contributed by atoms with Crippen LogP contribution in [0.4, 0.5) is 0 Å². The first kappa shape index (κ1) is 15.5. The van der Waals surface area contributed by atoms with Crippen LogP contribution >= 0.6 is 27.5 Å². The van der Waals surface area contributed by atoms with Gasteiger partial charge in [0.2, 0.25) is 0 Å². The molecule has 1 N–H and O–H groups in total. The van der Waals surface area contributed by atoms with Gasteiger partial charge in [0.05, 0.1) is 5.02 Å². The van der Waals surface area contributed by atoms with Crippen molar-refractivity contribution in [3.05, 3.63) is 33.3 Å². The normalized spacial score (nSPS) is 10.4. The summed E-state index contributed by atoms with van der Waals surface area (Å²) >= 11 is 9.22. The topological polar surface area (TPSA) is 38.3 Å². The Bertz CT molecular complexity index is 399. The standard InChI is InChI=1S/C13H17BrClNO2/c1-2-7-18-8-3-6-16-13(17)10-4-5-11(14)12(15)9-10/h4-5,9H,2-3,6-8H2,1H3,(H,16,17). The predicted molar refractivity (Wildman–Crippen MR) is 77.2 cm³/mol. The fourth-order valence-electron chi connectivity index (χ4n) is 1.36. The third kappa shape index (κ3) is 5.38. The lowest BCUT2D eigenvalue weighted by molar-refractivity contribution is 0.0941. The van der Waals surface area contributed by atoms with Crippen molar-refractivity contribution in [2.75, 3.05) is 19.8 Å². The summed E-state index contributed by atoms with van der Waals surface area (Å²) in [6.45, 7) is 4.13. The highest BCUT2D eigenvalue weighted by Crippen LogP contribution is 2.23. The van der Waals surface area contributed by atoms with E-state index in [1.165, 1.54) is 0 Å². The summed E-state index contributed by atoms with van der Waals surface area (Å²) in [7, 11) is 0. The molecule has 3 nitrogen and oxygen atoms in total. The Morgan fingerprint density at radius 2 is 2.22 bits per heavy atom. The van der Waals surface area contributed by atoms with Crippen LogP contribution in [0.2, 0.25) is 5.02 Å². The van der Waals surface area contributed by atoms with Gasteiger partial charge in [-0.15, -0.1) is 0 Å². The molecule has 0 aliphatic heterocycles. The van der Waals surface area contributed by atoms with E-state index < -0.39 is 0 Å². The SMILES string of the molecule is CCCOCCCNC(=O)c1ccc(Br)c(Cl)c1. The monoisotopic (exact) mass is 333 g/mol. The molecule has 0 aliphatic rings. The molecule has 0 aliphatic carbocycles. The van der Waals surface area contributed by atoms with Crippen LogP contribution in [0.15, 0.2) is 22.7 Å². The van der Waals surface area contributed by atoms with Crippen molar-refractivity contribution in [2.45, 2.75) is 19.8 Å². The molecule has 5 heteroatoms. The number of carbonyl (C=O) groups excluding carboxylic acids is 1. The molecular formula is C13H17BrClNO2. The van der Waals surface area contributed by atoms with Crippen LogP contribution in [-0.4, -0.2) is 25.7 Å². The van der Waals surface area contributed by atoms with Gasteiger partial charge < -0.3 is 10.1 Å². The second-order valence-electron chi connectivity index (χ2n) is 3.85. The van der Waals surface area contributed by atoms with Crippen molar-refractivity contribution in [3.8, 4) is 0 Å². The van der Waals surface area contributed by atoms with E-state index in [-0.39, 0.29) is 5.91 Å². The van der Waals surface area contributed by atoms with Gasteiger partial charge in [0.25, 0.3) is 5.91 Å². The summed E-state index contributed by atoms with van der Waals surface area (Å²) in [5.74, 6) is -0.111. The van der Waals surface area contributed by atoms with Gasteiger partial charge in [0, 0.05) is 29.8 Å². The molecule has 0 spiro atoms. The minimum absolute atomic E-state index is 0.111. The second kappa shape index (κ2) is 8.51. The number of amides is 1. The molecule has 0 saturated carbocycles. The van der Waals surface area contributed by atoms with Gasteiger partial charge in [-0.3, -0.25) is 4.79 Å². The van der Waals surface area contributed by atoms with Crippen LogP contribution in [-0.2, 0) is 4.74 Å². The molecular weight excluding hydrogens is 318 g/mol. The number of hydrogen-bond acceptors (Lipinski definition) is 2. The number of nitrogens with one attached hydrogen (secondary N) is 1. The number of halogens is 2. The van der Waals surface area contributed by atoms with E-state index in [1.807, 2.05) is 0 Å². The lowest BCUT2D eigenvalue weighted by atomic mass is 10.2. The van der Waals surface area contributed by atoms with Gasteiger partial charge in [-0.1, -0.05) is 18.5 Å². The first-order valence-corrected chi connectivity index (χ1v) is 7.13. The Kier molecular flexibility index (Phi) is 7.32. The predicted octanol–water partition coefficient (Wildman–Crippen LogP) is 3.65. The third-order valence-electron chi connectivity index (χ3n) is 2.28. The third-order valence-corrected chi connectivity index (χ3v) is 3.51. The Morgan fingerprint density at radius 3 is 2.89 bits per heavy atom. The Labute approximate surface area is 121 Å². The molecule has 0 unspecified atom stereocenters. The lowest BCUT2D eigenvalue weighted by Crippen LogP contribution is -2.25. The summed E-state index contributed by atoms with van der Waals surface area (Å²) in [4.78, 5) is 11.8. The van der Waals surface area contributed by atoms with Crippen LogP contribution in [0.1, 0.15) is 30.1 Å². The van der Waals surface area contributed by atoms with E-state index in [0.29, 0.717) is 23.7 Å². The van der Waals surface area contributed by atoms with Crippen LogP contribution in [0, 0.1) is 0 Å². The minimum atomic E-state index is -0.111. The van der Waals surface area contributed by atoms with Crippen molar-refractivity contribution in [1.82, 2.24) is 5.32 Å². The van der Waals surface area contributed by atoms with E-state index in [0.717, 1.165) is 23.9 Å². The number of rotatable bonds is 7. The molecule has 1 rings (SSSR count). The minimum Gasteiger partial charge on any atom is -0.381 e. The van der Waals surface area contributed by atoms with Crippen molar-refractivity contribution in [1.29, 1.82) is 0 Å². The molecule has 1 amide bonds. The van der Waals surface area contributed by atoms with Crippen LogP contribution in [0.3, 0.4) is 0 Å². The summed E-state index contributed by atoms with van der Waals surface area (Å²) in [6, 6.07) is 5.15. The first-order chi connectivity index (χ1) is 8.65. The zero-order valence-electron chi connectivity index (χ0n) is 10.3. The Balaban J connectivity index is 2.30. The maximum atomic E-state index is 11.8. The fourth-order valence-corrected chi connectivity index (χ4v) is 1.79. The quantitative estimate of drug-likeness (QED) is 0.773. The molecule has 1 aromatic carbocycles. The highest BCUT2D eigenvalue weighted by Gasteiger charge is 2.06. The molecule has 18 heavy (non-hydrogen) atoms. The number of carbonyl (C=O) groups is 1. The molecule has 0 radical (unpaired) electrons. The Hall–Kier alpha value is -0.580. The summed E-state index contributed by atoms with van der Waals surface area (Å²) in [5, 5.41) is 3.37. The van der Waals surface area contributed by atoms with E-state index in [9.17, 15) is 4.79 Å². The number of hydrogen-bond donors (Lipinski definition) is 1. The summed E-state index contributed by atoms with van der Waals surface area (Å²) in [5.41, 5.74) is 0.567. The van der Waals surface area contributed by atoms with Gasteiger partial charge in [0.15, 0.2) is 0 Å². The highest BCUT2D eigenvalue weighted by atomic mass is 79.9. The average Bonchev–Trinajstić information content (AvgIpc) is 2.36. The number of benzene rings is 1. The Morgan fingerprint density at radius 1 is 1.44 bits per heavy atom. The molecule has 0 saturated heterocycles. The highest BCUT2D eigenvalue weighted by molar-refractivity contribution is 9.10. The van der Waals surface area contributed by atoms with E-state index in [4.69, 9.17) is 16.3 Å². The zero-order chi connectivity index (χ0) is 13.4. The maximum absolute atomic E-state index is 11.8. The van der Waals surface area contributed by atoms with Gasteiger partial charge in [-0.2, -0.15) is 0 Å². The van der Waals surface area contributed by atoms with Gasteiger partial charge in [-0.05, 0) is 47.0 Å². The van der Waals surface area contributed by atoms with Gasteiger partial charge in [-0.25, -0.2) is 0 Å². The van der Waals surface area contributed by atoms with E-state index >= 15 is 0 Å². The van der Waals surface area contributed by atoms with Gasteiger partial charge in [0.1, 0.15) is 0 Å². The first-order valence-electron chi connectivity index (χ1n) is 5.96. The van der Waals surface area contributed by atoms with E-state index in [1.54, 1.807) is 18.2 Å². The van der Waals surface area contributed by atoms with Crippen molar-refractivity contribution in [2.24, 2.45) is 0 Å². The lowest BCUT2D eigenvalue weighted by Gasteiger charge is -2.06. The van der Waals surface area contributed by atoms with Crippen molar-refractivity contribution < 1.29 is 9.53 Å². The molecule has 0 heterocycles. The molecule has 100 valence electrons. The molecule has 0 atom stereocenters. The van der Waals surface area contributed by atoms with Crippen molar-refractivity contribution >= 4 is 33.4 Å². The molecule has 0 bridgehead atoms. The van der Waals surface area contributed by atoms with Crippen LogP contribution in [0.5, 0.6) is 0 Å². The van der Waals surface area contributed by atoms with Crippen LogP contribution in [0.25, 0.3) is 0 Å². The second-order valence-corrected chi connectivity index (χ2v) is 5.11. The smallest absolute Gasteiger partial charge is 0.251 e. The fraction of sp³-hybridized carbons (Fsp3) is 0.462. The van der Waals surface area contributed by atoms with E-state index in [2.05, 4.69) is 28.2 Å². The molecule has 1 aromatic rings. The number of ether oxygens (including phenoxy) is 1. The molecule has 0 aromatic heterocycles. The summed E-state index contributed by atoms with van der Waals surface area (Å²) in [6.07, 6.45) is 1.83. The average molecular weight is 335 g/mol. The zero-order valence-corrected chi connectivity index (χ0v) is 12.7. The largest absolute Gasteiger partial charge is 0.381 e.